The molecule has 0 spiro atoms. The zero-order valence-corrected chi connectivity index (χ0v) is 14.7. The highest BCUT2D eigenvalue weighted by Crippen LogP contribution is 2.33. The van der Waals surface area contributed by atoms with Gasteiger partial charge in [0.2, 0.25) is 0 Å². The molecule has 1 unspecified atom stereocenters. The van der Waals surface area contributed by atoms with Crippen molar-refractivity contribution in [2.24, 2.45) is 0 Å². The third-order valence-corrected chi connectivity index (χ3v) is 4.85. The van der Waals surface area contributed by atoms with Gasteiger partial charge in [0.05, 0.1) is 25.9 Å². The number of aromatic nitrogens is 2. The van der Waals surface area contributed by atoms with E-state index >= 15 is 0 Å². The molecule has 2 N–H and O–H groups in total. The summed E-state index contributed by atoms with van der Waals surface area (Å²) in [6, 6.07) is 8.03. The van der Waals surface area contributed by atoms with Crippen LogP contribution in [0.4, 0.5) is 11.6 Å². The van der Waals surface area contributed by atoms with Crippen molar-refractivity contribution in [3.8, 4) is 11.5 Å². The molecule has 2 aliphatic heterocycles. The van der Waals surface area contributed by atoms with Crippen LogP contribution in [0.2, 0.25) is 0 Å². The number of ether oxygens (including phenoxy) is 2. The largest absolute Gasteiger partial charge is 0.490 e. The van der Waals surface area contributed by atoms with Gasteiger partial charge in [-0.2, -0.15) is 0 Å². The number of benzene rings is 1. The van der Waals surface area contributed by atoms with Crippen molar-refractivity contribution in [3.63, 3.8) is 0 Å². The van der Waals surface area contributed by atoms with Gasteiger partial charge in [0, 0.05) is 31.1 Å². The first-order chi connectivity index (χ1) is 12.8. The van der Waals surface area contributed by atoms with E-state index in [0.29, 0.717) is 19.8 Å². The molecule has 0 aliphatic carbocycles. The highest BCUT2D eigenvalue weighted by atomic mass is 16.5. The van der Waals surface area contributed by atoms with Gasteiger partial charge in [-0.3, -0.25) is 0 Å². The van der Waals surface area contributed by atoms with Crippen molar-refractivity contribution >= 4 is 11.6 Å². The molecule has 0 bridgehead atoms. The lowest BCUT2D eigenvalue weighted by Gasteiger charge is -2.24. The molecule has 3 heterocycles. The Morgan fingerprint density at radius 1 is 1.19 bits per heavy atom. The second-order valence-corrected chi connectivity index (χ2v) is 6.58. The fourth-order valence-electron chi connectivity index (χ4n) is 3.51. The van der Waals surface area contributed by atoms with Gasteiger partial charge < -0.3 is 24.8 Å². The Bertz CT molecular complexity index is 755. The van der Waals surface area contributed by atoms with E-state index in [0.717, 1.165) is 54.5 Å². The third-order valence-electron chi connectivity index (χ3n) is 4.85. The van der Waals surface area contributed by atoms with E-state index in [1.54, 1.807) is 6.33 Å². The number of aliphatic hydroxyl groups excluding tert-OH is 1. The van der Waals surface area contributed by atoms with Crippen molar-refractivity contribution in [2.75, 3.05) is 36.6 Å². The monoisotopic (exact) mass is 356 g/mol. The summed E-state index contributed by atoms with van der Waals surface area (Å²) in [7, 11) is 0. The fourth-order valence-corrected chi connectivity index (χ4v) is 3.51. The summed E-state index contributed by atoms with van der Waals surface area (Å²) in [4.78, 5) is 10.9. The zero-order valence-electron chi connectivity index (χ0n) is 14.7. The van der Waals surface area contributed by atoms with Gasteiger partial charge >= 0.3 is 0 Å². The number of hydrogen-bond donors (Lipinski definition) is 2. The summed E-state index contributed by atoms with van der Waals surface area (Å²) >= 11 is 0. The fraction of sp³-hybridized carbons (Fsp3) is 0.474. The van der Waals surface area contributed by atoms with Crippen LogP contribution in [0, 0.1) is 0 Å². The predicted octanol–water partition coefficient (Wildman–Crippen LogP) is 2.21. The van der Waals surface area contributed by atoms with E-state index in [4.69, 9.17) is 9.47 Å². The van der Waals surface area contributed by atoms with Crippen LogP contribution in [0.25, 0.3) is 0 Å². The quantitative estimate of drug-likeness (QED) is 0.850. The van der Waals surface area contributed by atoms with Gasteiger partial charge in [-0.1, -0.05) is 12.1 Å². The van der Waals surface area contributed by atoms with Gasteiger partial charge in [-0.05, 0) is 18.9 Å². The number of fused-ring (bicyclic) bond motifs is 1. The van der Waals surface area contributed by atoms with E-state index in [9.17, 15) is 5.11 Å². The minimum absolute atomic E-state index is 0.146. The first-order valence-corrected chi connectivity index (χ1v) is 9.16. The first-order valence-electron chi connectivity index (χ1n) is 9.16. The van der Waals surface area contributed by atoms with E-state index in [2.05, 4.69) is 20.2 Å². The van der Waals surface area contributed by atoms with Crippen LogP contribution in [0.15, 0.2) is 30.6 Å². The molecule has 1 atom stereocenters. The molecule has 7 nitrogen and oxygen atoms in total. The minimum Gasteiger partial charge on any atom is -0.490 e. The standard InChI is InChI=1S/C19H24N4O3/c24-12-15-5-2-7-23(15)18-10-17(21-13-22-18)20-11-14-4-1-6-16-19(14)26-9-3-8-25-16/h1,4,6,10,13,15,24H,2-3,5,7-9,11-12H2,(H,20,21,22). The first kappa shape index (κ1) is 16.9. The van der Waals surface area contributed by atoms with Crippen molar-refractivity contribution in [2.45, 2.75) is 31.8 Å². The second kappa shape index (κ2) is 7.78. The molecular weight excluding hydrogens is 332 g/mol. The zero-order chi connectivity index (χ0) is 17.8. The molecule has 1 aromatic heterocycles. The Morgan fingerprint density at radius 2 is 2.12 bits per heavy atom. The van der Waals surface area contributed by atoms with Gasteiger partial charge in [0.1, 0.15) is 18.0 Å². The molecule has 1 saturated heterocycles. The Labute approximate surface area is 153 Å². The molecule has 7 heteroatoms. The van der Waals surface area contributed by atoms with Crippen LogP contribution in [0.3, 0.4) is 0 Å². The summed E-state index contributed by atoms with van der Waals surface area (Å²) in [6.07, 6.45) is 4.52. The summed E-state index contributed by atoms with van der Waals surface area (Å²) in [5.41, 5.74) is 1.04. The van der Waals surface area contributed by atoms with Crippen LogP contribution in [-0.2, 0) is 6.54 Å². The van der Waals surface area contributed by atoms with E-state index in [1.165, 1.54) is 0 Å². The average Bonchev–Trinajstić information content (AvgIpc) is 3.03. The van der Waals surface area contributed by atoms with E-state index < -0.39 is 0 Å². The minimum atomic E-state index is 0.146. The molecule has 0 amide bonds. The Kier molecular flexibility index (Phi) is 5.06. The van der Waals surface area contributed by atoms with Crippen LogP contribution in [-0.4, -0.2) is 47.5 Å². The summed E-state index contributed by atoms with van der Waals surface area (Å²) in [5, 5.41) is 12.9. The number of anilines is 2. The van der Waals surface area contributed by atoms with Gasteiger partial charge in [0.25, 0.3) is 0 Å². The van der Waals surface area contributed by atoms with Gasteiger partial charge in [-0.15, -0.1) is 0 Å². The lowest BCUT2D eigenvalue weighted by Crippen LogP contribution is -2.32. The Morgan fingerprint density at radius 3 is 3.04 bits per heavy atom. The maximum absolute atomic E-state index is 9.53. The number of hydrogen-bond acceptors (Lipinski definition) is 7. The Hall–Kier alpha value is -2.54. The lowest BCUT2D eigenvalue weighted by atomic mass is 10.2. The van der Waals surface area contributed by atoms with E-state index in [1.807, 2.05) is 24.3 Å². The molecular formula is C19H24N4O3. The van der Waals surface area contributed by atoms with Crippen LogP contribution >= 0.6 is 0 Å². The normalized spacial score (nSPS) is 19.3. The van der Waals surface area contributed by atoms with Crippen molar-refractivity contribution in [1.29, 1.82) is 0 Å². The summed E-state index contributed by atoms with van der Waals surface area (Å²) < 4.78 is 11.6. The summed E-state index contributed by atoms with van der Waals surface area (Å²) in [5.74, 6) is 3.22. The molecule has 2 aliphatic rings. The number of nitrogens with zero attached hydrogens (tertiary/aromatic N) is 3. The van der Waals surface area contributed by atoms with Gasteiger partial charge in [0.15, 0.2) is 11.5 Å². The molecule has 2 aromatic rings. The summed E-state index contributed by atoms with van der Waals surface area (Å²) in [6.45, 7) is 3.01. The molecule has 4 rings (SSSR count). The molecule has 26 heavy (non-hydrogen) atoms. The maximum Gasteiger partial charge on any atom is 0.166 e. The highest BCUT2D eigenvalue weighted by molar-refractivity contribution is 5.52. The van der Waals surface area contributed by atoms with Crippen molar-refractivity contribution in [3.05, 3.63) is 36.2 Å². The lowest BCUT2D eigenvalue weighted by molar-refractivity contribution is 0.266. The number of nitrogens with one attached hydrogen (secondary N) is 1. The van der Waals surface area contributed by atoms with Crippen LogP contribution in [0.1, 0.15) is 24.8 Å². The number of para-hydroxylation sites is 1. The Balaban J connectivity index is 1.48. The molecule has 1 fully saturated rings. The van der Waals surface area contributed by atoms with Crippen molar-refractivity contribution < 1.29 is 14.6 Å². The topological polar surface area (TPSA) is 79.7 Å². The smallest absolute Gasteiger partial charge is 0.166 e. The highest BCUT2D eigenvalue weighted by Gasteiger charge is 2.25. The number of aliphatic hydroxyl groups is 1. The third kappa shape index (κ3) is 3.53. The predicted molar refractivity (Wildman–Crippen MR) is 98.9 cm³/mol. The molecule has 0 saturated carbocycles. The molecule has 1 aromatic carbocycles. The molecule has 0 radical (unpaired) electrons. The van der Waals surface area contributed by atoms with Crippen LogP contribution < -0.4 is 19.7 Å². The van der Waals surface area contributed by atoms with Gasteiger partial charge in [-0.25, -0.2) is 9.97 Å². The SMILES string of the molecule is OCC1CCCN1c1cc(NCc2cccc3c2OCCCO3)ncn1. The van der Waals surface area contributed by atoms with Crippen molar-refractivity contribution in [1.82, 2.24) is 9.97 Å². The maximum atomic E-state index is 9.53. The number of rotatable bonds is 5. The average molecular weight is 356 g/mol. The van der Waals surface area contributed by atoms with Crippen LogP contribution in [0.5, 0.6) is 11.5 Å². The van der Waals surface area contributed by atoms with E-state index in [-0.39, 0.29) is 12.6 Å². The second-order valence-electron chi connectivity index (χ2n) is 6.58. The molecule has 138 valence electrons.